The number of ether oxygens (including phenoxy) is 1. The van der Waals surface area contributed by atoms with E-state index in [1.165, 1.54) is 7.11 Å². The Hall–Kier alpha value is -3.57. The number of benzene rings is 3. The number of hydrogen-bond donors (Lipinski definition) is 1. The van der Waals surface area contributed by atoms with Crippen molar-refractivity contribution >= 4 is 40.4 Å². The zero-order valence-electron chi connectivity index (χ0n) is 16.5. The van der Waals surface area contributed by atoms with E-state index in [-0.39, 0.29) is 11.3 Å². The molecule has 1 aliphatic rings. The molecule has 0 aliphatic carbocycles. The maximum Gasteiger partial charge on any atom is 0.282 e. The van der Waals surface area contributed by atoms with Gasteiger partial charge in [0.2, 0.25) is 0 Å². The van der Waals surface area contributed by atoms with Gasteiger partial charge in [0.1, 0.15) is 11.4 Å². The largest absolute Gasteiger partial charge is 0.496 e. The normalized spacial score (nSPS) is 13.8. The molecule has 0 saturated carbocycles. The third-order valence-electron chi connectivity index (χ3n) is 4.87. The van der Waals surface area contributed by atoms with Crippen LogP contribution in [0, 0.1) is 6.92 Å². The number of carbonyl (C=O) groups is 2. The number of hydrogen-bond acceptors (Lipinski definition) is 4. The van der Waals surface area contributed by atoms with Crippen molar-refractivity contribution < 1.29 is 14.3 Å². The van der Waals surface area contributed by atoms with Gasteiger partial charge in [-0.3, -0.25) is 9.59 Å². The van der Waals surface area contributed by atoms with E-state index in [1.807, 2.05) is 37.3 Å². The van der Waals surface area contributed by atoms with Crippen LogP contribution >= 0.6 is 11.6 Å². The van der Waals surface area contributed by atoms with E-state index in [2.05, 4.69) is 5.32 Å². The molecule has 3 aromatic carbocycles. The second kappa shape index (κ2) is 8.05. The molecule has 0 bridgehead atoms. The highest BCUT2D eigenvalue weighted by Crippen LogP contribution is 2.39. The number of nitrogens with zero attached hydrogens (tertiary/aromatic N) is 1. The van der Waals surface area contributed by atoms with E-state index in [1.54, 1.807) is 42.5 Å². The molecule has 150 valence electrons. The van der Waals surface area contributed by atoms with Crippen LogP contribution in [0.25, 0.3) is 5.57 Å². The molecular weight excluding hydrogens is 400 g/mol. The Balaban J connectivity index is 1.88. The summed E-state index contributed by atoms with van der Waals surface area (Å²) < 4.78 is 5.45. The molecule has 1 aliphatic heterocycles. The summed E-state index contributed by atoms with van der Waals surface area (Å²) >= 11 is 6.30. The number of methoxy groups -OCH3 is 1. The Morgan fingerprint density at radius 2 is 1.53 bits per heavy atom. The van der Waals surface area contributed by atoms with E-state index in [0.717, 1.165) is 10.5 Å². The molecule has 0 atom stereocenters. The van der Waals surface area contributed by atoms with Gasteiger partial charge < -0.3 is 10.1 Å². The number of rotatable bonds is 5. The lowest BCUT2D eigenvalue weighted by molar-refractivity contribution is -0.120. The van der Waals surface area contributed by atoms with Crippen molar-refractivity contribution in [1.29, 1.82) is 0 Å². The van der Waals surface area contributed by atoms with Crippen molar-refractivity contribution in [2.75, 3.05) is 17.3 Å². The summed E-state index contributed by atoms with van der Waals surface area (Å²) in [5.41, 5.74) is 3.06. The zero-order valence-corrected chi connectivity index (χ0v) is 17.2. The summed E-state index contributed by atoms with van der Waals surface area (Å²) in [6.45, 7) is 1.98. The summed E-state index contributed by atoms with van der Waals surface area (Å²) in [6, 6.07) is 21.5. The molecule has 0 unspecified atom stereocenters. The minimum atomic E-state index is -0.477. The molecule has 3 aromatic rings. The van der Waals surface area contributed by atoms with Crippen LogP contribution in [0.2, 0.25) is 5.02 Å². The van der Waals surface area contributed by atoms with Crippen molar-refractivity contribution in [2.45, 2.75) is 6.92 Å². The van der Waals surface area contributed by atoms with E-state index in [0.29, 0.717) is 27.7 Å². The Morgan fingerprint density at radius 1 is 0.867 bits per heavy atom. The standard InChI is InChI=1S/C24H19ClN2O3/c1-15-11-13-16(14-12-15)26-22-21(17-7-3-6-10-20(17)30-2)23(28)27(24(22)29)19-9-5-4-8-18(19)25/h3-14,26H,1-2H3. The fraction of sp³-hybridized carbons (Fsp3) is 0.0833. The first kappa shape index (κ1) is 19.7. The van der Waals surface area contributed by atoms with Crippen LogP contribution in [0.15, 0.2) is 78.5 Å². The average molecular weight is 419 g/mol. The minimum absolute atomic E-state index is 0.174. The first-order valence-corrected chi connectivity index (χ1v) is 9.73. The molecule has 2 amide bonds. The van der Waals surface area contributed by atoms with Crippen molar-refractivity contribution in [1.82, 2.24) is 0 Å². The Morgan fingerprint density at radius 3 is 2.23 bits per heavy atom. The summed E-state index contributed by atoms with van der Waals surface area (Å²) in [7, 11) is 1.53. The van der Waals surface area contributed by atoms with Gasteiger partial charge in [0.25, 0.3) is 11.8 Å². The monoisotopic (exact) mass is 418 g/mol. The number of halogens is 1. The molecule has 6 heteroatoms. The third-order valence-corrected chi connectivity index (χ3v) is 5.19. The lowest BCUT2D eigenvalue weighted by Crippen LogP contribution is -2.32. The molecule has 0 fully saturated rings. The maximum atomic E-state index is 13.5. The highest BCUT2D eigenvalue weighted by Gasteiger charge is 2.41. The number of nitrogens with one attached hydrogen (secondary N) is 1. The summed E-state index contributed by atoms with van der Waals surface area (Å²) in [5.74, 6) is -0.445. The van der Waals surface area contributed by atoms with Crippen molar-refractivity contribution in [3.63, 3.8) is 0 Å². The van der Waals surface area contributed by atoms with Gasteiger partial charge in [0.05, 0.1) is 23.4 Å². The number of amides is 2. The van der Waals surface area contributed by atoms with Crippen molar-refractivity contribution in [2.24, 2.45) is 0 Å². The topological polar surface area (TPSA) is 58.6 Å². The van der Waals surface area contributed by atoms with Gasteiger partial charge in [0.15, 0.2) is 0 Å². The first-order valence-electron chi connectivity index (χ1n) is 9.36. The molecule has 0 radical (unpaired) electrons. The summed E-state index contributed by atoms with van der Waals surface area (Å²) in [6.07, 6.45) is 0. The predicted molar refractivity (Wildman–Crippen MR) is 119 cm³/mol. The van der Waals surface area contributed by atoms with Gasteiger partial charge in [-0.1, -0.05) is 59.6 Å². The van der Waals surface area contributed by atoms with Crippen molar-refractivity contribution in [3.05, 3.63) is 94.6 Å². The fourth-order valence-electron chi connectivity index (χ4n) is 3.38. The molecular formula is C24H19ClN2O3. The predicted octanol–water partition coefficient (Wildman–Crippen LogP) is 5.05. The molecule has 1 heterocycles. The van der Waals surface area contributed by atoms with Gasteiger partial charge in [-0.2, -0.15) is 0 Å². The Labute approximate surface area is 179 Å². The molecule has 30 heavy (non-hydrogen) atoms. The van der Waals surface area contributed by atoms with Gasteiger partial charge in [0, 0.05) is 11.3 Å². The molecule has 4 rings (SSSR count). The van der Waals surface area contributed by atoms with E-state index >= 15 is 0 Å². The maximum absolute atomic E-state index is 13.5. The van der Waals surface area contributed by atoms with Crippen LogP contribution in [-0.4, -0.2) is 18.9 Å². The number of carbonyl (C=O) groups excluding carboxylic acids is 2. The van der Waals surface area contributed by atoms with Crippen LogP contribution in [0.4, 0.5) is 11.4 Å². The van der Waals surface area contributed by atoms with Crippen LogP contribution in [0.5, 0.6) is 5.75 Å². The van der Waals surface area contributed by atoms with Gasteiger partial charge in [-0.15, -0.1) is 0 Å². The van der Waals surface area contributed by atoms with Crippen molar-refractivity contribution in [3.8, 4) is 5.75 Å². The lowest BCUT2D eigenvalue weighted by atomic mass is 10.0. The molecule has 0 saturated heterocycles. The number of anilines is 2. The first-order chi connectivity index (χ1) is 14.5. The number of para-hydroxylation sites is 2. The highest BCUT2D eigenvalue weighted by molar-refractivity contribution is 6.48. The lowest BCUT2D eigenvalue weighted by Gasteiger charge is -2.17. The average Bonchev–Trinajstić information content (AvgIpc) is 2.99. The van der Waals surface area contributed by atoms with Crippen LogP contribution in [0.3, 0.4) is 0 Å². The molecule has 0 aromatic heterocycles. The van der Waals surface area contributed by atoms with Gasteiger partial charge in [-0.05, 0) is 37.3 Å². The molecule has 0 spiro atoms. The van der Waals surface area contributed by atoms with Crippen LogP contribution in [-0.2, 0) is 9.59 Å². The minimum Gasteiger partial charge on any atom is -0.496 e. The summed E-state index contributed by atoms with van der Waals surface area (Å²) in [5, 5.41) is 3.45. The third kappa shape index (κ3) is 3.44. The van der Waals surface area contributed by atoms with Crippen LogP contribution in [0.1, 0.15) is 11.1 Å². The highest BCUT2D eigenvalue weighted by atomic mass is 35.5. The number of imide groups is 1. The fourth-order valence-corrected chi connectivity index (χ4v) is 3.60. The summed E-state index contributed by atoms with van der Waals surface area (Å²) in [4.78, 5) is 28.0. The van der Waals surface area contributed by atoms with Gasteiger partial charge >= 0.3 is 0 Å². The SMILES string of the molecule is COc1ccccc1C1=C(Nc2ccc(C)cc2)C(=O)N(c2ccccc2Cl)C1=O. The van der Waals surface area contributed by atoms with E-state index in [4.69, 9.17) is 16.3 Å². The zero-order chi connectivity index (χ0) is 21.3. The second-order valence-corrected chi connectivity index (χ2v) is 7.25. The smallest absolute Gasteiger partial charge is 0.282 e. The van der Waals surface area contributed by atoms with E-state index in [9.17, 15) is 9.59 Å². The van der Waals surface area contributed by atoms with E-state index < -0.39 is 11.8 Å². The van der Waals surface area contributed by atoms with Crippen LogP contribution < -0.4 is 15.0 Å². The molecule has 5 nitrogen and oxygen atoms in total. The van der Waals surface area contributed by atoms with Gasteiger partial charge in [-0.25, -0.2) is 4.90 Å². The Kier molecular flexibility index (Phi) is 5.29. The quantitative estimate of drug-likeness (QED) is 0.589. The number of aryl methyl sites for hydroxylation is 1. The second-order valence-electron chi connectivity index (χ2n) is 6.84. The molecule has 1 N–H and O–H groups in total. The Bertz CT molecular complexity index is 1170.